The molecule has 1 heterocycles. The van der Waals surface area contributed by atoms with E-state index in [2.05, 4.69) is 20.8 Å². The lowest BCUT2D eigenvalue weighted by molar-refractivity contribution is -0.114. The number of anilines is 2. The predicted octanol–water partition coefficient (Wildman–Crippen LogP) is 3.74. The summed E-state index contributed by atoms with van der Waals surface area (Å²) in [6.45, 7) is 3.10. The number of carbonyl (C=O) groups excluding carboxylic acids is 2. The van der Waals surface area contributed by atoms with Crippen LogP contribution >= 0.6 is 34.8 Å². The Bertz CT molecular complexity index is 915. The van der Waals surface area contributed by atoms with Crippen LogP contribution in [0.4, 0.5) is 11.4 Å². The maximum atomic E-state index is 12.3. The van der Waals surface area contributed by atoms with Crippen molar-refractivity contribution < 1.29 is 9.59 Å². The van der Waals surface area contributed by atoms with E-state index in [4.69, 9.17) is 40.5 Å². The van der Waals surface area contributed by atoms with Crippen molar-refractivity contribution in [3.63, 3.8) is 0 Å². The van der Waals surface area contributed by atoms with Gasteiger partial charge in [-0.3, -0.25) is 9.59 Å². The van der Waals surface area contributed by atoms with Crippen LogP contribution in [0, 0.1) is 0 Å². The number of aromatic nitrogens is 1. The van der Waals surface area contributed by atoms with Gasteiger partial charge in [0.25, 0.3) is 5.91 Å². The van der Waals surface area contributed by atoms with E-state index < -0.39 is 5.91 Å². The monoisotopic (exact) mass is 413 g/mol. The van der Waals surface area contributed by atoms with Crippen LogP contribution in [-0.2, 0) is 4.79 Å². The van der Waals surface area contributed by atoms with Crippen molar-refractivity contribution in [2.75, 3.05) is 11.1 Å². The molecule has 0 spiro atoms. The number of carbonyl (C=O) groups is 2. The maximum Gasteiger partial charge on any atom is 0.291 e. The van der Waals surface area contributed by atoms with Crippen molar-refractivity contribution in [1.29, 1.82) is 0 Å². The molecule has 1 aromatic heterocycles. The molecule has 1 aromatic carbocycles. The minimum Gasteiger partial charge on any atom is -0.396 e. The first kappa shape index (κ1) is 20.0. The van der Waals surface area contributed by atoms with Gasteiger partial charge in [0, 0.05) is 12.6 Å². The quantitative estimate of drug-likeness (QED) is 0.402. The summed E-state index contributed by atoms with van der Waals surface area (Å²) in [5, 5.41) is 6.39. The largest absolute Gasteiger partial charge is 0.396 e. The first-order valence-corrected chi connectivity index (χ1v) is 8.36. The summed E-state index contributed by atoms with van der Waals surface area (Å²) in [5.41, 5.74) is 9.59. The van der Waals surface area contributed by atoms with Crippen molar-refractivity contribution >= 4 is 63.7 Å². The van der Waals surface area contributed by atoms with E-state index in [0.717, 1.165) is 0 Å². The average molecular weight is 415 g/mol. The number of nitrogens with one attached hydrogen (secondary N) is 2. The molecule has 0 aliphatic carbocycles. The Morgan fingerprint density at radius 2 is 1.85 bits per heavy atom. The topological polar surface area (TPSA) is 109 Å². The molecule has 0 saturated heterocycles. The highest BCUT2D eigenvalue weighted by molar-refractivity contribution is 6.46. The van der Waals surface area contributed by atoms with Crippen LogP contribution in [0.15, 0.2) is 29.4 Å². The van der Waals surface area contributed by atoms with E-state index in [1.807, 2.05) is 0 Å². The summed E-state index contributed by atoms with van der Waals surface area (Å²) >= 11 is 17.6. The number of halogens is 3. The molecule has 4 N–H and O–H groups in total. The number of hydrogen-bond acceptors (Lipinski definition) is 5. The van der Waals surface area contributed by atoms with E-state index in [-0.39, 0.29) is 32.5 Å². The van der Waals surface area contributed by atoms with Gasteiger partial charge < -0.3 is 11.1 Å². The third kappa shape index (κ3) is 4.63. The SMILES string of the molecule is CC(=O)Nc1cccc(/C(C)=N\NC(=O)c2nc(Cl)c(Cl)c(N)c2Cl)c1. The first-order valence-electron chi connectivity index (χ1n) is 7.23. The second kappa shape index (κ2) is 8.35. The second-order valence-corrected chi connectivity index (χ2v) is 6.31. The van der Waals surface area contributed by atoms with Crippen LogP contribution in [0.3, 0.4) is 0 Å². The zero-order valence-corrected chi connectivity index (χ0v) is 16.0. The number of benzene rings is 1. The smallest absolute Gasteiger partial charge is 0.291 e. The summed E-state index contributed by atoms with van der Waals surface area (Å²) in [5.74, 6) is -0.888. The number of nitrogens with zero attached hydrogens (tertiary/aromatic N) is 2. The molecule has 0 saturated carbocycles. The zero-order valence-electron chi connectivity index (χ0n) is 13.7. The Morgan fingerprint density at radius 1 is 1.15 bits per heavy atom. The lowest BCUT2D eigenvalue weighted by Crippen LogP contribution is -2.21. The van der Waals surface area contributed by atoms with Gasteiger partial charge in [0.1, 0.15) is 5.02 Å². The van der Waals surface area contributed by atoms with Gasteiger partial charge in [0.2, 0.25) is 5.91 Å². The molecule has 26 heavy (non-hydrogen) atoms. The fraction of sp³-hybridized carbons (Fsp3) is 0.125. The standard InChI is InChI=1S/C16H14Cl3N5O2/c1-7(9-4-3-5-10(6-9)21-8(2)25)23-24-16(26)14-11(17)13(20)12(18)15(19)22-14/h3-6H,1-2H3,(H2,20,22)(H,21,25)(H,24,26)/b23-7-. The van der Waals surface area contributed by atoms with Gasteiger partial charge in [0.05, 0.1) is 16.4 Å². The van der Waals surface area contributed by atoms with Crippen molar-refractivity contribution in [2.45, 2.75) is 13.8 Å². The molecule has 136 valence electrons. The molecule has 0 fully saturated rings. The molecule has 0 unspecified atom stereocenters. The van der Waals surface area contributed by atoms with Crippen LogP contribution in [0.2, 0.25) is 15.2 Å². The molecule has 2 aromatic rings. The molecule has 2 rings (SSSR count). The maximum absolute atomic E-state index is 12.3. The number of pyridine rings is 1. The molecule has 0 bridgehead atoms. The van der Waals surface area contributed by atoms with Gasteiger partial charge in [-0.2, -0.15) is 5.10 Å². The molecular weight excluding hydrogens is 401 g/mol. The van der Waals surface area contributed by atoms with Crippen LogP contribution in [0.1, 0.15) is 29.9 Å². The van der Waals surface area contributed by atoms with Gasteiger partial charge in [-0.15, -0.1) is 0 Å². The van der Waals surface area contributed by atoms with Crippen molar-refractivity contribution in [2.24, 2.45) is 5.10 Å². The molecule has 0 atom stereocenters. The van der Waals surface area contributed by atoms with Crippen LogP contribution in [0.25, 0.3) is 0 Å². The Kier molecular flexibility index (Phi) is 6.42. The van der Waals surface area contributed by atoms with Crippen LogP contribution < -0.4 is 16.5 Å². The van der Waals surface area contributed by atoms with Crippen molar-refractivity contribution in [3.05, 3.63) is 50.7 Å². The Labute approximate surface area is 164 Å². The molecule has 0 radical (unpaired) electrons. The first-order chi connectivity index (χ1) is 12.2. The van der Waals surface area contributed by atoms with E-state index in [0.29, 0.717) is 17.0 Å². The zero-order chi connectivity index (χ0) is 19.4. The van der Waals surface area contributed by atoms with Crippen molar-refractivity contribution in [3.8, 4) is 0 Å². The van der Waals surface area contributed by atoms with Gasteiger partial charge in [0.15, 0.2) is 10.8 Å². The highest BCUT2D eigenvalue weighted by atomic mass is 35.5. The minimum atomic E-state index is -0.697. The Balaban J connectivity index is 2.22. The third-order valence-corrected chi connectivity index (χ3v) is 4.35. The number of hydrazone groups is 1. The average Bonchev–Trinajstić information content (AvgIpc) is 2.60. The second-order valence-electron chi connectivity index (χ2n) is 5.19. The highest BCUT2D eigenvalue weighted by Gasteiger charge is 2.19. The van der Waals surface area contributed by atoms with E-state index in [9.17, 15) is 9.59 Å². The van der Waals surface area contributed by atoms with E-state index in [1.165, 1.54) is 6.92 Å². The number of nitrogens with two attached hydrogens (primary N) is 1. The third-order valence-electron chi connectivity index (χ3n) is 3.21. The molecule has 7 nitrogen and oxygen atoms in total. The van der Waals surface area contributed by atoms with Crippen LogP contribution in [-0.4, -0.2) is 22.5 Å². The molecular formula is C16H14Cl3N5O2. The lowest BCUT2D eigenvalue weighted by Gasteiger charge is -2.09. The minimum absolute atomic E-state index is 0.0253. The fourth-order valence-corrected chi connectivity index (χ4v) is 2.55. The predicted molar refractivity (Wildman–Crippen MR) is 104 cm³/mol. The number of rotatable bonds is 4. The summed E-state index contributed by atoms with van der Waals surface area (Å²) < 4.78 is 0. The van der Waals surface area contributed by atoms with E-state index >= 15 is 0 Å². The summed E-state index contributed by atoms with van der Waals surface area (Å²) in [4.78, 5) is 27.2. The Hall–Kier alpha value is -2.35. The summed E-state index contributed by atoms with van der Waals surface area (Å²) in [6.07, 6.45) is 0. The van der Waals surface area contributed by atoms with Crippen molar-refractivity contribution in [1.82, 2.24) is 10.4 Å². The van der Waals surface area contributed by atoms with E-state index in [1.54, 1.807) is 31.2 Å². The van der Waals surface area contributed by atoms with Gasteiger partial charge >= 0.3 is 0 Å². The molecule has 0 aliphatic heterocycles. The van der Waals surface area contributed by atoms with Gasteiger partial charge in [-0.05, 0) is 24.6 Å². The lowest BCUT2D eigenvalue weighted by atomic mass is 10.1. The molecule has 2 amide bonds. The fourth-order valence-electron chi connectivity index (χ4n) is 1.96. The van der Waals surface area contributed by atoms with Crippen LogP contribution in [0.5, 0.6) is 0 Å². The number of nitrogen functional groups attached to an aromatic ring is 1. The number of amides is 2. The van der Waals surface area contributed by atoms with Gasteiger partial charge in [-0.1, -0.05) is 46.9 Å². The summed E-state index contributed by atoms with van der Waals surface area (Å²) in [6, 6.07) is 6.98. The molecule has 0 aliphatic rings. The Morgan fingerprint density at radius 3 is 2.50 bits per heavy atom. The highest BCUT2D eigenvalue weighted by Crippen LogP contribution is 2.34. The van der Waals surface area contributed by atoms with Gasteiger partial charge in [-0.25, -0.2) is 10.4 Å². The normalized spacial score (nSPS) is 11.2. The summed E-state index contributed by atoms with van der Waals surface area (Å²) in [7, 11) is 0. The number of hydrogen-bond donors (Lipinski definition) is 3. The molecule has 10 heteroatoms.